The first-order valence-electron chi connectivity index (χ1n) is 13.3. The zero-order valence-electron chi connectivity index (χ0n) is 21.3. The molecule has 0 aromatic heterocycles. The summed E-state index contributed by atoms with van der Waals surface area (Å²) in [5, 5.41) is 9.59. The maximum atomic E-state index is 12.9. The number of carbonyl (C=O) groups is 1. The number of carbonyl (C=O) groups excluding carboxylic acids is 1. The van der Waals surface area contributed by atoms with E-state index in [1.54, 1.807) is 0 Å². The van der Waals surface area contributed by atoms with Gasteiger partial charge in [-0.25, -0.2) is 0 Å². The van der Waals surface area contributed by atoms with E-state index in [4.69, 9.17) is 4.74 Å². The number of rotatable bonds is 11. The largest absolute Gasteiger partial charge is 0.425 e. The third-order valence-electron chi connectivity index (χ3n) is 7.10. The van der Waals surface area contributed by atoms with Crippen LogP contribution in [0.25, 0.3) is 0 Å². The number of hydrogen-bond acceptors (Lipinski definition) is 3. The number of ether oxygens (including phenoxy) is 1. The fourth-order valence-corrected chi connectivity index (χ4v) is 5.09. The van der Waals surface area contributed by atoms with Crippen LogP contribution in [0.2, 0.25) is 0 Å². The van der Waals surface area contributed by atoms with E-state index in [1.165, 1.54) is 36.8 Å². The van der Waals surface area contributed by atoms with Gasteiger partial charge in [-0.2, -0.15) is 5.26 Å². The normalized spacial score (nSPS) is 18.0. The molecular weight excluding hydrogens is 418 g/mol. The Morgan fingerprint density at radius 3 is 2.29 bits per heavy atom. The molecule has 3 rings (SSSR count). The van der Waals surface area contributed by atoms with Crippen molar-refractivity contribution in [2.24, 2.45) is 11.8 Å². The quantitative estimate of drug-likeness (QED) is 0.193. The highest BCUT2D eigenvalue weighted by atomic mass is 16.5. The zero-order valence-corrected chi connectivity index (χ0v) is 21.3. The van der Waals surface area contributed by atoms with Crippen LogP contribution in [0, 0.1) is 23.2 Å². The SMILES string of the molecule is CCCCCCCc1ccc(OC(=O)C2CCC(c3ccc(CC(C)C)cc3)CC2)c(C#N)c1. The molecule has 0 N–H and O–H groups in total. The summed E-state index contributed by atoms with van der Waals surface area (Å²) in [6.07, 6.45) is 11.9. The Bertz CT molecular complexity index is 946. The molecule has 0 spiro atoms. The van der Waals surface area contributed by atoms with Crippen LogP contribution in [-0.4, -0.2) is 5.97 Å². The van der Waals surface area contributed by atoms with Crippen LogP contribution in [0.5, 0.6) is 5.75 Å². The van der Waals surface area contributed by atoms with Gasteiger partial charge in [0.1, 0.15) is 11.8 Å². The number of nitriles is 1. The number of esters is 1. The van der Waals surface area contributed by atoms with Crippen LogP contribution in [0.15, 0.2) is 42.5 Å². The molecule has 0 radical (unpaired) electrons. The molecule has 3 nitrogen and oxygen atoms in total. The van der Waals surface area contributed by atoms with E-state index in [9.17, 15) is 10.1 Å². The van der Waals surface area contributed by atoms with Crippen LogP contribution in [0.1, 0.15) is 107 Å². The Labute approximate surface area is 206 Å². The molecule has 1 fully saturated rings. The predicted octanol–water partition coefficient (Wildman–Crippen LogP) is 8.15. The molecular formula is C31H41NO2. The first kappa shape index (κ1) is 26.0. The van der Waals surface area contributed by atoms with Crippen LogP contribution in [-0.2, 0) is 17.6 Å². The van der Waals surface area contributed by atoms with E-state index in [0.29, 0.717) is 23.1 Å². The Hall–Kier alpha value is -2.60. The summed E-state index contributed by atoms with van der Waals surface area (Å²) in [6.45, 7) is 6.72. The lowest BCUT2D eigenvalue weighted by Crippen LogP contribution is -2.25. The molecule has 0 amide bonds. The van der Waals surface area contributed by atoms with Crippen molar-refractivity contribution < 1.29 is 9.53 Å². The van der Waals surface area contributed by atoms with Gasteiger partial charge in [0.05, 0.1) is 11.5 Å². The molecule has 182 valence electrons. The second-order valence-corrected chi connectivity index (χ2v) is 10.4. The lowest BCUT2D eigenvalue weighted by molar-refractivity contribution is -0.140. The monoisotopic (exact) mass is 459 g/mol. The Morgan fingerprint density at radius 2 is 1.65 bits per heavy atom. The van der Waals surface area contributed by atoms with Gasteiger partial charge in [-0.3, -0.25) is 4.79 Å². The maximum absolute atomic E-state index is 12.9. The van der Waals surface area contributed by atoms with Gasteiger partial charge in [-0.1, -0.05) is 76.8 Å². The van der Waals surface area contributed by atoms with E-state index in [1.807, 2.05) is 18.2 Å². The minimum absolute atomic E-state index is 0.0822. The smallest absolute Gasteiger partial charge is 0.314 e. The van der Waals surface area contributed by atoms with Crippen molar-refractivity contribution in [2.45, 2.75) is 97.3 Å². The van der Waals surface area contributed by atoms with Crippen molar-refractivity contribution in [1.29, 1.82) is 5.26 Å². The summed E-state index contributed by atoms with van der Waals surface area (Å²) in [6, 6.07) is 17.0. The van der Waals surface area contributed by atoms with Crippen molar-refractivity contribution >= 4 is 5.97 Å². The molecule has 0 heterocycles. The highest BCUT2D eigenvalue weighted by Crippen LogP contribution is 2.37. The number of benzene rings is 2. The lowest BCUT2D eigenvalue weighted by atomic mass is 9.78. The minimum Gasteiger partial charge on any atom is -0.425 e. The lowest BCUT2D eigenvalue weighted by Gasteiger charge is -2.27. The van der Waals surface area contributed by atoms with Crippen molar-refractivity contribution in [3.63, 3.8) is 0 Å². The first-order valence-corrected chi connectivity index (χ1v) is 13.3. The van der Waals surface area contributed by atoms with Gasteiger partial charge in [0.2, 0.25) is 0 Å². The number of unbranched alkanes of at least 4 members (excludes halogenated alkanes) is 4. The highest BCUT2D eigenvalue weighted by Gasteiger charge is 2.29. The summed E-state index contributed by atoms with van der Waals surface area (Å²) in [5.41, 5.74) is 4.39. The van der Waals surface area contributed by atoms with Gasteiger partial charge in [-0.15, -0.1) is 0 Å². The molecule has 0 atom stereocenters. The molecule has 3 heteroatoms. The van der Waals surface area contributed by atoms with Crippen LogP contribution >= 0.6 is 0 Å². The maximum Gasteiger partial charge on any atom is 0.314 e. The summed E-state index contributed by atoms with van der Waals surface area (Å²) >= 11 is 0. The fraction of sp³-hybridized carbons (Fsp3) is 0.548. The van der Waals surface area contributed by atoms with Crippen LogP contribution < -0.4 is 4.74 Å². The van der Waals surface area contributed by atoms with Crippen LogP contribution in [0.4, 0.5) is 0 Å². The minimum atomic E-state index is -0.186. The second kappa shape index (κ2) is 13.3. The Morgan fingerprint density at radius 1 is 0.971 bits per heavy atom. The van der Waals surface area contributed by atoms with E-state index >= 15 is 0 Å². The molecule has 1 saturated carbocycles. The summed E-state index contributed by atoms with van der Waals surface area (Å²) in [7, 11) is 0. The third kappa shape index (κ3) is 7.73. The number of nitrogens with zero attached hydrogens (tertiary/aromatic N) is 1. The summed E-state index contributed by atoms with van der Waals surface area (Å²) < 4.78 is 5.72. The number of aryl methyl sites for hydroxylation is 1. The molecule has 0 saturated heterocycles. The summed E-state index contributed by atoms with van der Waals surface area (Å²) in [4.78, 5) is 12.9. The van der Waals surface area contributed by atoms with Crippen LogP contribution in [0.3, 0.4) is 0 Å². The van der Waals surface area contributed by atoms with E-state index in [0.717, 1.165) is 50.5 Å². The topological polar surface area (TPSA) is 50.1 Å². The van der Waals surface area contributed by atoms with Crippen molar-refractivity contribution in [3.05, 3.63) is 64.7 Å². The molecule has 34 heavy (non-hydrogen) atoms. The number of hydrogen-bond donors (Lipinski definition) is 0. The summed E-state index contributed by atoms with van der Waals surface area (Å²) in [5.74, 6) is 1.32. The average molecular weight is 460 g/mol. The molecule has 0 bridgehead atoms. The zero-order chi connectivity index (χ0) is 24.3. The van der Waals surface area contributed by atoms with Gasteiger partial charge in [-0.05, 0) is 85.6 Å². The second-order valence-electron chi connectivity index (χ2n) is 10.4. The van der Waals surface area contributed by atoms with E-state index < -0.39 is 0 Å². The molecule has 0 unspecified atom stereocenters. The molecule has 0 aliphatic heterocycles. The predicted molar refractivity (Wildman–Crippen MR) is 139 cm³/mol. The van der Waals surface area contributed by atoms with Gasteiger partial charge in [0.25, 0.3) is 0 Å². The molecule has 1 aliphatic carbocycles. The molecule has 2 aromatic rings. The van der Waals surface area contributed by atoms with Crippen molar-refractivity contribution in [2.75, 3.05) is 0 Å². The van der Waals surface area contributed by atoms with Gasteiger partial charge < -0.3 is 4.74 Å². The van der Waals surface area contributed by atoms with E-state index in [-0.39, 0.29) is 11.9 Å². The van der Waals surface area contributed by atoms with Gasteiger partial charge in [0.15, 0.2) is 0 Å². The first-order chi connectivity index (χ1) is 16.5. The Balaban J connectivity index is 1.50. The fourth-order valence-electron chi connectivity index (χ4n) is 5.09. The average Bonchev–Trinajstić information content (AvgIpc) is 2.85. The molecule has 1 aliphatic rings. The van der Waals surface area contributed by atoms with E-state index in [2.05, 4.69) is 51.1 Å². The van der Waals surface area contributed by atoms with Crippen molar-refractivity contribution in [3.8, 4) is 11.8 Å². The standard InChI is InChI=1S/C31H41NO2/c1-4-5-6-7-8-9-24-12-19-30(29(21-24)22-32)34-31(33)28-17-15-27(16-18-28)26-13-10-25(11-14-26)20-23(2)3/h10-14,19,21,23,27-28H,4-9,15-18,20H2,1-3H3. The third-order valence-corrected chi connectivity index (χ3v) is 7.10. The van der Waals surface area contributed by atoms with Gasteiger partial charge in [0, 0.05) is 0 Å². The van der Waals surface area contributed by atoms with Gasteiger partial charge >= 0.3 is 5.97 Å². The molecule has 2 aromatic carbocycles. The highest BCUT2D eigenvalue weighted by molar-refractivity contribution is 5.76. The Kier molecular flexibility index (Phi) is 10.2. The van der Waals surface area contributed by atoms with Crippen molar-refractivity contribution in [1.82, 2.24) is 0 Å².